The molecule has 0 saturated heterocycles. The quantitative estimate of drug-likeness (QED) is 0.546. The molecule has 0 radical (unpaired) electrons. The summed E-state index contributed by atoms with van der Waals surface area (Å²) in [7, 11) is 1.51. The standard InChI is InChI=1S/C16H11F3N2OS.CH6NO/c17-16(18,19)15-20-14(22-21-15)12-8-4-5-9-13(12)23-10-11-6-2-1-3-7-11;1-3-2/h1-9H,10H2;1-2H3/q;+1. The number of rotatable bonds is 4. The van der Waals surface area contributed by atoms with Crippen LogP contribution in [-0.4, -0.2) is 17.3 Å². The number of thioether (sulfide) groups is 1. The Labute approximate surface area is 152 Å². The van der Waals surface area contributed by atoms with Crippen LogP contribution in [0.3, 0.4) is 0 Å². The number of hydrogen-bond acceptors (Lipinski definition) is 5. The summed E-state index contributed by atoms with van der Waals surface area (Å²) in [6.45, 7) is 0. The summed E-state index contributed by atoms with van der Waals surface area (Å²) in [6.07, 6.45) is -4.62. The van der Waals surface area contributed by atoms with Crippen molar-refractivity contribution in [1.29, 1.82) is 0 Å². The van der Waals surface area contributed by atoms with E-state index in [4.69, 9.17) is 4.52 Å². The third-order valence-electron chi connectivity index (χ3n) is 3.03. The molecule has 0 unspecified atom stereocenters. The minimum atomic E-state index is -4.62. The molecule has 0 aliphatic heterocycles. The maximum Gasteiger partial charge on any atom is 0.455 e. The van der Waals surface area contributed by atoms with Gasteiger partial charge in [0, 0.05) is 10.6 Å². The Morgan fingerprint density at radius 2 is 1.69 bits per heavy atom. The van der Waals surface area contributed by atoms with Gasteiger partial charge in [0.05, 0.1) is 12.7 Å². The van der Waals surface area contributed by atoms with E-state index in [1.54, 1.807) is 12.1 Å². The molecule has 1 heterocycles. The molecule has 3 N–H and O–H groups in total. The van der Waals surface area contributed by atoms with Gasteiger partial charge >= 0.3 is 6.18 Å². The van der Waals surface area contributed by atoms with E-state index in [0.29, 0.717) is 11.3 Å². The first kappa shape index (κ1) is 20.0. The van der Waals surface area contributed by atoms with Crippen LogP contribution in [0.25, 0.3) is 11.5 Å². The summed E-state index contributed by atoms with van der Waals surface area (Å²) in [5, 5.41) is 3.00. The van der Waals surface area contributed by atoms with Gasteiger partial charge in [-0.1, -0.05) is 47.6 Å². The number of hydrogen-bond donors (Lipinski definition) is 1. The predicted octanol–water partition coefficient (Wildman–Crippen LogP) is 3.84. The van der Waals surface area contributed by atoms with Crippen LogP contribution in [0.1, 0.15) is 11.4 Å². The molecule has 138 valence electrons. The maximum absolute atomic E-state index is 12.6. The molecule has 1 aromatic heterocycles. The van der Waals surface area contributed by atoms with Crippen LogP contribution in [0.4, 0.5) is 13.2 Å². The lowest BCUT2D eigenvalue weighted by Crippen LogP contribution is -2.46. The lowest BCUT2D eigenvalue weighted by Gasteiger charge is -2.06. The van der Waals surface area contributed by atoms with Gasteiger partial charge in [-0.3, -0.25) is 0 Å². The van der Waals surface area contributed by atoms with Crippen molar-refractivity contribution in [2.45, 2.75) is 16.8 Å². The Kier molecular flexibility index (Phi) is 7.19. The van der Waals surface area contributed by atoms with E-state index in [2.05, 4.69) is 20.9 Å². The second kappa shape index (κ2) is 9.37. The van der Waals surface area contributed by atoms with Crippen molar-refractivity contribution in [3.8, 4) is 11.5 Å². The smallest absolute Gasteiger partial charge is 0.334 e. The molecule has 0 bridgehead atoms. The zero-order chi connectivity index (χ0) is 19.0. The summed E-state index contributed by atoms with van der Waals surface area (Å²) in [5.41, 5.74) is 1.62. The van der Waals surface area contributed by atoms with Crippen LogP contribution < -0.4 is 5.90 Å². The Bertz CT molecular complexity index is 810. The van der Waals surface area contributed by atoms with Crippen molar-refractivity contribution in [2.24, 2.45) is 0 Å². The fraction of sp³-hybridized carbons (Fsp3) is 0.176. The van der Waals surface area contributed by atoms with Gasteiger partial charge in [-0.25, -0.2) is 10.7 Å². The molecule has 0 fully saturated rings. The molecule has 3 aromatic rings. The van der Waals surface area contributed by atoms with E-state index in [1.165, 1.54) is 18.9 Å². The highest BCUT2D eigenvalue weighted by Crippen LogP contribution is 2.34. The summed E-state index contributed by atoms with van der Waals surface area (Å²) in [4.78, 5) is 8.24. The van der Waals surface area contributed by atoms with Gasteiger partial charge in [0.15, 0.2) is 0 Å². The van der Waals surface area contributed by atoms with Crippen molar-refractivity contribution in [3.05, 3.63) is 66.0 Å². The van der Waals surface area contributed by atoms with Crippen molar-refractivity contribution in [3.63, 3.8) is 0 Å². The molecular weight excluding hydrogens is 367 g/mol. The summed E-state index contributed by atoms with van der Waals surface area (Å²) in [6, 6.07) is 16.8. The topological polar surface area (TPSA) is 75.8 Å². The van der Waals surface area contributed by atoms with Gasteiger partial charge in [0.1, 0.15) is 0 Å². The van der Waals surface area contributed by atoms with E-state index >= 15 is 0 Å². The van der Waals surface area contributed by atoms with Crippen LogP contribution in [0.2, 0.25) is 0 Å². The minimum Gasteiger partial charge on any atom is -0.334 e. The molecular formula is C17H17F3N3O2S+. The molecule has 0 atom stereocenters. The van der Waals surface area contributed by atoms with E-state index < -0.39 is 12.0 Å². The number of nitrogens with zero attached hydrogens (tertiary/aromatic N) is 2. The first-order valence-electron chi connectivity index (χ1n) is 7.41. The van der Waals surface area contributed by atoms with Gasteiger partial charge in [-0.2, -0.15) is 18.2 Å². The van der Waals surface area contributed by atoms with Crippen LogP contribution >= 0.6 is 11.8 Å². The van der Waals surface area contributed by atoms with Crippen molar-refractivity contribution in [2.75, 3.05) is 7.11 Å². The summed E-state index contributed by atoms with van der Waals surface area (Å²) < 4.78 is 42.6. The second-order valence-electron chi connectivity index (χ2n) is 4.98. The van der Waals surface area contributed by atoms with Crippen molar-refractivity contribution in [1.82, 2.24) is 10.1 Å². The molecule has 0 aliphatic rings. The highest BCUT2D eigenvalue weighted by molar-refractivity contribution is 7.98. The molecule has 26 heavy (non-hydrogen) atoms. The van der Waals surface area contributed by atoms with Gasteiger partial charge in [0.2, 0.25) is 0 Å². The molecule has 2 aromatic carbocycles. The first-order valence-corrected chi connectivity index (χ1v) is 8.39. The lowest BCUT2D eigenvalue weighted by atomic mass is 10.2. The molecule has 0 aliphatic carbocycles. The van der Waals surface area contributed by atoms with E-state index in [0.717, 1.165) is 10.5 Å². The van der Waals surface area contributed by atoms with E-state index in [9.17, 15) is 13.2 Å². The largest absolute Gasteiger partial charge is 0.455 e. The average Bonchev–Trinajstić information content (AvgIpc) is 3.12. The fourth-order valence-corrected chi connectivity index (χ4v) is 2.95. The lowest BCUT2D eigenvalue weighted by molar-refractivity contribution is -0.679. The Balaban J connectivity index is 0.000000758. The van der Waals surface area contributed by atoms with Crippen molar-refractivity contribution >= 4 is 11.8 Å². The zero-order valence-corrected chi connectivity index (χ0v) is 14.7. The van der Waals surface area contributed by atoms with Crippen LogP contribution in [0, 0.1) is 0 Å². The Morgan fingerprint density at radius 1 is 1.08 bits per heavy atom. The number of alkyl halides is 3. The van der Waals surface area contributed by atoms with Crippen molar-refractivity contribution < 1.29 is 28.4 Å². The molecule has 0 saturated carbocycles. The maximum atomic E-state index is 12.6. The Morgan fingerprint density at radius 3 is 2.31 bits per heavy atom. The van der Waals surface area contributed by atoms with Crippen LogP contribution in [-0.2, 0) is 16.8 Å². The highest BCUT2D eigenvalue weighted by atomic mass is 32.2. The molecule has 0 spiro atoms. The van der Waals surface area contributed by atoms with Crippen LogP contribution in [0.5, 0.6) is 0 Å². The summed E-state index contributed by atoms with van der Waals surface area (Å²) in [5.74, 6) is 2.28. The van der Waals surface area contributed by atoms with E-state index in [1.807, 2.05) is 42.5 Å². The van der Waals surface area contributed by atoms with Gasteiger partial charge in [-0.05, 0) is 17.7 Å². The normalized spacial score (nSPS) is 11.0. The van der Waals surface area contributed by atoms with Gasteiger partial charge in [0.25, 0.3) is 11.7 Å². The summed E-state index contributed by atoms with van der Waals surface area (Å²) >= 11 is 1.50. The molecule has 9 heteroatoms. The minimum absolute atomic E-state index is 0.131. The van der Waals surface area contributed by atoms with E-state index in [-0.39, 0.29) is 5.89 Å². The SMILES string of the molecule is CO[NH3+].FC(F)(F)c1noc(-c2ccccc2SCc2ccccc2)n1. The fourth-order valence-electron chi connectivity index (χ4n) is 1.95. The number of benzene rings is 2. The number of aromatic nitrogens is 2. The van der Waals surface area contributed by atoms with Crippen LogP contribution in [0.15, 0.2) is 64.0 Å². The van der Waals surface area contributed by atoms with Gasteiger partial charge < -0.3 is 4.52 Å². The first-order chi connectivity index (χ1) is 12.5. The number of quaternary nitrogens is 1. The molecule has 3 rings (SSSR count). The zero-order valence-electron chi connectivity index (χ0n) is 13.9. The highest BCUT2D eigenvalue weighted by Gasteiger charge is 2.37. The third-order valence-corrected chi connectivity index (χ3v) is 4.18. The van der Waals surface area contributed by atoms with Gasteiger partial charge in [-0.15, -0.1) is 11.8 Å². The number of halogens is 3. The third kappa shape index (κ3) is 5.58. The molecule has 5 nitrogen and oxygen atoms in total. The molecule has 0 amide bonds. The Hall–Kier alpha value is -2.36. The second-order valence-corrected chi connectivity index (χ2v) is 6.00. The average molecular weight is 384 g/mol. The predicted molar refractivity (Wildman–Crippen MR) is 90.6 cm³/mol. The monoisotopic (exact) mass is 384 g/mol.